The highest BCUT2D eigenvalue weighted by atomic mass is 35.5. The number of hydrogen-bond donors (Lipinski definition) is 1. The Balaban J connectivity index is 1.88. The van der Waals surface area contributed by atoms with Gasteiger partial charge in [0.1, 0.15) is 5.75 Å². The molecule has 0 amide bonds. The van der Waals surface area contributed by atoms with Gasteiger partial charge in [0.05, 0.1) is 17.5 Å². The van der Waals surface area contributed by atoms with E-state index < -0.39 is 17.8 Å². The second kappa shape index (κ2) is 4.77. The van der Waals surface area contributed by atoms with E-state index >= 15 is 0 Å². The maximum absolute atomic E-state index is 12.3. The quantitative estimate of drug-likeness (QED) is 0.871. The summed E-state index contributed by atoms with van der Waals surface area (Å²) in [5.41, 5.74) is 1.44. The molecule has 3 rings (SSSR count). The molecule has 1 aromatic rings. The number of ether oxygens (including phenoxy) is 1. The number of aliphatic carboxylic acids is 1. The van der Waals surface area contributed by atoms with E-state index in [0.717, 1.165) is 12.0 Å². The highest BCUT2D eigenvalue weighted by molar-refractivity contribution is 6.32. The van der Waals surface area contributed by atoms with Gasteiger partial charge in [-0.2, -0.15) is 0 Å². The van der Waals surface area contributed by atoms with Gasteiger partial charge in [-0.25, -0.2) is 0 Å². The molecule has 1 fully saturated rings. The molecule has 0 saturated heterocycles. The molecular weight excluding hydrogens is 280 g/mol. The van der Waals surface area contributed by atoms with Crippen molar-refractivity contribution in [1.82, 2.24) is 0 Å². The SMILES string of the molecule is CC1COc2c(Cl)cc(C(=O)C3CC3C(=O)O)cc2C1. The van der Waals surface area contributed by atoms with Crippen molar-refractivity contribution in [3.05, 3.63) is 28.3 Å². The number of carboxylic acids is 1. The molecule has 2 aliphatic rings. The minimum atomic E-state index is -0.899. The number of ketones is 1. The molecular formula is C15H15ClO4. The number of carbonyl (C=O) groups is 2. The van der Waals surface area contributed by atoms with E-state index in [2.05, 4.69) is 6.92 Å². The minimum Gasteiger partial charge on any atom is -0.491 e. The standard InChI is InChI=1S/C15H15ClO4/c1-7-2-9-3-8(4-12(16)14(9)20-6-7)13(17)10-5-11(10)15(18)19/h3-4,7,10-11H,2,5-6H2,1H3,(H,18,19). The molecule has 3 unspecified atom stereocenters. The highest BCUT2D eigenvalue weighted by Gasteiger charge is 2.48. The lowest BCUT2D eigenvalue weighted by molar-refractivity contribution is -0.138. The molecule has 3 atom stereocenters. The van der Waals surface area contributed by atoms with Crippen molar-refractivity contribution in [2.24, 2.45) is 17.8 Å². The van der Waals surface area contributed by atoms with Crippen LogP contribution in [-0.2, 0) is 11.2 Å². The number of carboxylic acid groups (broad SMARTS) is 1. The van der Waals surface area contributed by atoms with Crippen molar-refractivity contribution in [1.29, 1.82) is 0 Å². The molecule has 1 N–H and O–H groups in total. The average Bonchev–Trinajstić information content (AvgIpc) is 3.17. The second-order valence-corrected chi connectivity index (χ2v) is 6.12. The summed E-state index contributed by atoms with van der Waals surface area (Å²) >= 11 is 6.17. The summed E-state index contributed by atoms with van der Waals surface area (Å²) in [4.78, 5) is 23.1. The van der Waals surface area contributed by atoms with Gasteiger partial charge >= 0.3 is 5.97 Å². The van der Waals surface area contributed by atoms with Crippen LogP contribution in [0, 0.1) is 17.8 Å². The van der Waals surface area contributed by atoms with Gasteiger partial charge in [0.15, 0.2) is 5.78 Å². The van der Waals surface area contributed by atoms with Gasteiger partial charge in [0.25, 0.3) is 0 Å². The van der Waals surface area contributed by atoms with E-state index in [0.29, 0.717) is 35.3 Å². The zero-order valence-corrected chi connectivity index (χ0v) is 11.8. The number of hydrogen-bond acceptors (Lipinski definition) is 3. The van der Waals surface area contributed by atoms with E-state index in [4.69, 9.17) is 21.4 Å². The van der Waals surface area contributed by atoms with Crippen LogP contribution < -0.4 is 4.74 Å². The van der Waals surface area contributed by atoms with Crippen molar-refractivity contribution in [3.8, 4) is 5.75 Å². The van der Waals surface area contributed by atoms with Crippen LogP contribution in [0.15, 0.2) is 12.1 Å². The van der Waals surface area contributed by atoms with Crippen LogP contribution in [0.4, 0.5) is 0 Å². The third-order valence-electron chi connectivity index (χ3n) is 3.93. The fourth-order valence-electron chi connectivity index (χ4n) is 2.74. The van der Waals surface area contributed by atoms with E-state index in [1.165, 1.54) is 0 Å². The van der Waals surface area contributed by atoms with Gasteiger partial charge in [-0.05, 0) is 36.5 Å². The first-order valence-corrected chi connectivity index (χ1v) is 7.07. The van der Waals surface area contributed by atoms with Gasteiger partial charge in [0, 0.05) is 11.5 Å². The monoisotopic (exact) mass is 294 g/mol. The summed E-state index contributed by atoms with van der Waals surface area (Å²) in [5, 5.41) is 9.34. The number of halogens is 1. The maximum Gasteiger partial charge on any atom is 0.307 e. The fourth-order valence-corrected chi connectivity index (χ4v) is 3.03. The number of fused-ring (bicyclic) bond motifs is 1. The first-order chi connectivity index (χ1) is 9.47. The van der Waals surface area contributed by atoms with Gasteiger partial charge in [-0.3, -0.25) is 9.59 Å². The highest BCUT2D eigenvalue weighted by Crippen LogP contribution is 2.43. The van der Waals surface area contributed by atoms with E-state index in [1.54, 1.807) is 12.1 Å². The van der Waals surface area contributed by atoms with E-state index in [9.17, 15) is 9.59 Å². The molecule has 1 aliphatic carbocycles. The second-order valence-electron chi connectivity index (χ2n) is 5.72. The predicted molar refractivity (Wildman–Crippen MR) is 73.4 cm³/mol. The van der Waals surface area contributed by atoms with Crippen LogP contribution in [0.2, 0.25) is 5.02 Å². The Morgan fingerprint density at radius 3 is 2.75 bits per heavy atom. The predicted octanol–water partition coefficient (Wildman–Crippen LogP) is 2.81. The van der Waals surface area contributed by atoms with Crippen LogP contribution in [0.5, 0.6) is 5.75 Å². The zero-order chi connectivity index (χ0) is 14.4. The van der Waals surface area contributed by atoms with Gasteiger partial charge in [0.2, 0.25) is 0 Å². The molecule has 0 radical (unpaired) electrons. The lowest BCUT2D eigenvalue weighted by Gasteiger charge is -2.24. The number of benzene rings is 1. The minimum absolute atomic E-state index is 0.125. The topological polar surface area (TPSA) is 63.6 Å². The summed E-state index contributed by atoms with van der Waals surface area (Å²) in [7, 11) is 0. The van der Waals surface area contributed by atoms with Crippen LogP contribution in [0.25, 0.3) is 0 Å². The van der Waals surface area contributed by atoms with Crippen LogP contribution >= 0.6 is 11.6 Å². The van der Waals surface area contributed by atoms with Gasteiger partial charge in [-0.1, -0.05) is 18.5 Å². The molecule has 106 valence electrons. The molecule has 20 heavy (non-hydrogen) atoms. The molecule has 4 nitrogen and oxygen atoms in total. The summed E-state index contributed by atoms with van der Waals surface area (Å²) in [6, 6.07) is 3.40. The molecule has 5 heteroatoms. The summed E-state index contributed by atoms with van der Waals surface area (Å²) in [5.74, 6) is -0.913. The Kier molecular flexibility index (Phi) is 3.21. The summed E-state index contributed by atoms with van der Waals surface area (Å²) in [6.45, 7) is 2.70. The molecule has 1 aliphatic heterocycles. The van der Waals surface area contributed by atoms with Gasteiger partial charge < -0.3 is 9.84 Å². The molecule has 0 aromatic heterocycles. The number of carbonyl (C=O) groups excluding carboxylic acids is 1. The normalized spacial score (nSPS) is 27.4. The van der Waals surface area contributed by atoms with Crippen LogP contribution in [-0.4, -0.2) is 23.5 Å². The Morgan fingerprint density at radius 2 is 2.10 bits per heavy atom. The van der Waals surface area contributed by atoms with Crippen molar-refractivity contribution < 1.29 is 19.4 Å². The Labute approximate surface area is 121 Å². The first kappa shape index (κ1) is 13.4. The van der Waals surface area contributed by atoms with Crippen molar-refractivity contribution in [2.45, 2.75) is 19.8 Å². The molecule has 1 heterocycles. The van der Waals surface area contributed by atoms with Crippen LogP contribution in [0.1, 0.15) is 29.3 Å². The van der Waals surface area contributed by atoms with Crippen LogP contribution in [0.3, 0.4) is 0 Å². The lowest BCUT2D eigenvalue weighted by atomic mass is 9.94. The summed E-state index contributed by atoms with van der Waals surface area (Å²) < 4.78 is 5.60. The first-order valence-electron chi connectivity index (χ1n) is 6.69. The third-order valence-corrected chi connectivity index (χ3v) is 4.21. The Morgan fingerprint density at radius 1 is 1.35 bits per heavy atom. The van der Waals surface area contributed by atoms with E-state index in [1.807, 2.05) is 0 Å². The molecule has 0 spiro atoms. The Bertz CT molecular complexity index is 596. The van der Waals surface area contributed by atoms with Crippen molar-refractivity contribution >= 4 is 23.4 Å². The smallest absolute Gasteiger partial charge is 0.307 e. The number of Topliss-reactive ketones (excluding diaryl/α,β-unsaturated/α-hetero) is 1. The summed E-state index contributed by atoms with van der Waals surface area (Å²) in [6.07, 6.45) is 1.25. The largest absolute Gasteiger partial charge is 0.491 e. The molecule has 1 aromatic carbocycles. The van der Waals surface area contributed by atoms with Crippen molar-refractivity contribution in [3.63, 3.8) is 0 Å². The molecule has 1 saturated carbocycles. The van der Waals surface area contributed by atoms with Crippen molar-refractivity contribution in [2.75, 3.05) is 6.61 Å². The Hall–Kier alpha value is -1.55. The fraction of sp³-hybridized carbons (Fsp3) is 0.467. The number of rotatable bonds is 3. The zero-order valence-electron chi connectivity index (χ0n) is 11.1. The maximum atomic E-state index is 12.3. The molecule has 0 bridgehead atoms. The average molecular weight is 295 g/mol. The third kappa shape index (κ3) is 2.29. The van der Waals surface area contributed by atoms with Gasteiger partial charge in [-0.15, -0.1) is 0 Å². The lowest BCUT2D eigenvalue weighted by Crippen LogP contribution is -2.19. The van der Waals surface area contributed by atoms with E-state index in [-0.39, 0.29) is 5.78 Å².